The second-order valence-electron chi connectivity index (χ2n) is 5.48. The Balaban J connectivity index is 1.66. The molecule has 4 rings (SSSR count). The third-order valence-electron chi connectivity index (χ3n) is 3.78. The predicted molar refractivity (Wildman–Crippen MR) is 103 cm³/mol. The maximum Gasteiger partial charge on any atom is 0.281 e. The zero-order chi connectivity index (χ0) is 18.1. The van der Waals surface area contributed by atoms with Crippen molar-refractivity contribution in [2.45, 2.75) is 0 Å². The van der Waals surface area contributed by atoms with Crippen molar-refractivity contribution >= 4 is 40.3 Å². The van der Waals surface area contributed by atoms with Crippen LogP contribution in [-0.2, 0) is 0 Å². The molecule has 0 aliphatic heterocycles. The summed E-state index contributed by atoms with van der Waals surface area (Å²) < 4.78 is 6.89. The number of para-hydroxylation sites is 1. The van der Waals surface area contributed by atoms with E-state index in [1.807, 2.05) is 6.07 Å². The van der Waals surface area contributed by atoms with E-state index < -0.39 is 0 Å². The molecule has 0 aliphatic carbocycles. The summed E-state index contributed by atoms with van der Waals surface area (Å²) >= 11 is 12.2. The van der Waals surface area contributed by atoms with E-state index in [9.17, 15) is 4.79 Å². The smallest absolute Gasteiger partial charge is 0.281 e. The van der Waals surface area contributed by atoms with Crippen LogP contribution in [0.2, 0.25) is 10.0 Å². The highest BCUT2D eigenvalue weighted by Gasteiger charge is 2.09. The molecule has 4 aromatic rings. The van der Waals surface area contributed by atoms with E-state index >= 15 is 0 Å². The number of halogens is 2. The second-order valence-corrected chi connectivity index (χ2v) is 6.33. The molecule has 0 saturated heterocycles. The summed E-state index contributed by atoms with van der Waals surface area (Å²) in [5, 5.41) is 5.72. The van der Waals surface area contributed by atoms with Gasteiger partial charge in [-0.05, 0) is 42.5 Å². The summed E-state index contributed by atoms with van der Waals surface area (Å²) in [6, 6.07) is 15.7. The molecule has 0 unspecified atom stereocenters. The number of benzene rings is 2. The first-order valence-electron chi connectivity index (χ1n) is 7.68. The summed E-state index contributed by atoms with van der Waals surface area (Å²) in [5.74, 6) is 1.03. The van der Waals surface area contributed by atoms with E-state index in [0.29, 0.717) is 38.0 Å². The van der Waals surface area contributed by atoms with Crippen molar-refractivity contribution in [2.75, 3.05) is 0 Å². The van der Waals surface area contributed by atoms with Crippen molar-refractivity contribution in [3.63, 3.8) is 0 Å². The quantitative estimate of drug-likeness (QED) is 0.475. The fourth-order valence-electron chi connectivity index (χ4n) is 2.51. The average Bonchev–Trinajstić information content (AvgIpc) is 3.12. The number of hydrogen-bond donors (Lipinski definition) is 0. The van der Waals surface area contributed by atoms with Crippen molar-refractivity contribution < 1.29 is 4.42 Å². The monoisotopic (exact) mass is 383 g/mol. The molecule has 128 valence electrons. The minimum atomic E-state index is -0.253. The number of aromatic nitrogens is 2. The van der Waals surface area contributed by atoms with E-state index in [0.717, 1.165) is 4.68 Å². The van der Waals surface area contributed by atoms with E-state index in [4.69, 9.17) is 27.6 Å². The Morgan fingerprint density at radius 2 is 1.92 bits per heavy atom. The van der Waals surface area contributed by atoms with Gasteiger partial charge in [0, 0.05) is 10.6 Å². The van der Waals surface area contributed by atoms with Gasteiger partial charge in [0.1, 0.15) is 17.8 Å². The highest BCUT2D eigenvalue weighted by molar-refractivity contribution is 6.35. The van der Waals surface area contributed by atoms with Crippen molar-refractivity contribution in [2.24, 2.45) is 5.10 Å². The van der Waals surface area contributed by atoms with Gasteiger partial charge in [-0.15, -0.1) is 0 Å². The first-order chi connectivity index (χ1) is 12.6. The molecule has 2 aromatic carbocycles. The Kier molecular flexibility index (Phi) is 4.32. The number of furan rings is 1. The van der Waals surface area contributed by atoms with Crippen LogP contribution in [0.1, 0.15) is 5.76 Å². The van der Waals surface area contributed by atoms with Gasteiger partial charge in [0.05, 0.1) is 22.1 Å². The zero-order valence-corrected chi connectivity index (χ0v) is 14.8. The van der Waals surface area contributed by atoms with E-state index in [1.165, 1.54) is 12.5 Å². The lowest BCUT2D eigenvalue weighted by Gasteiger charge is -2.01. The van der Waals surface area contributed by atoms with Crippen LogP contribution in [0, 0.1) is 0 Å². The number of fused-ring (bicyclic) bond motifs is 1. The van der Waals surface area contributed by atoms with Gasteiger partial charge in [0.15, 0.2) is 0 Å². The molecule has 0 fully saturated rings. The van der Waals surface area contributed by atoms with Crippen molar-refractivity contribution in [1.82, 2.24) is 9.66 Å². The lowest BCUT2D eigenvalue weighted by Crippen LogP contribution is -2.16. The van der Waals surface area contributed by atoms with Crippen LogP contribution in [0.25, 0.3) is 22.2 Å². The molecule has 0 N–H and O–H groups in total. The molecule has 26 heavy (non-hydrogen) atoms. The fourth-order valence-corrected chi connectivity index (χ4v) is 2.90. The Bertz CT molecular complexity index is 1190. The minimum absolute atomic E-state index is 0.253. The maximum atomic E-state index is 12.4. The topological polar surface area (TPSA) is 60.4 Å². The molecule has 2 heterocycles. The molecule has 0 spiro atoms. The molecule has 7 heteroatoms. The third kappa shape index (κ3) is 3.14. The van der Waals surface area contributed by atoms with Crippen molar-refractivity contribution in [1.29, 1.82) is 0 Å². The summed E-state index contributed by atoms with van der Waals surface area (Å²) in [4.78, 5) is 16.6. The van der Waals surface area contributed by atoms with Gasteiger partial charge in [0.2, 0.25) is 0 Å². The highest BCUT2D eigenvalue weighted by Crippen LogP contribution is 2.31. The SMILES string of the molecule is O=c1c2ccccc2ncn1N=Cc1ccc(-c2cc(Cl)ccc2Cl)o1. The van der Waals surface area contributed by atoms with Crippen LogP contribution in [-0.4, -0.2) is 15.9 Å². The molecule has 5 nitrogen and oxygen atoms in total. The van der Waals surface area contributed by atoms with Gasteiger partial charge in [-0.25, -0.2) is 4.98 Å². The predicted octanol–water partition coefficient (Wildman–Crippen LogP) is 4.85. The second kappa shape index (κ2) is 6.78. The van der Waals surface area contributed by atoms with Gasteiger partial charge in [-0.2, -0.15) is 9.78 Å². The minimum Gasteiger partial charge on any atom is -0.455 e. The fraction of sp³-hybridized carbons (Fsp3) is 0. The summed E-state index contributed by atoms with van der Waals surface area (Å²) in [5.41, 5.74) is 1.06. The standard InChI is InChI=1S/C19H11Cl2N3O2/c20-12-5-7-16(21)15(9-12)18-8-6-13(26-18)10-23-24-11-22-17-4-2-1-3-14(17)19(24)25/h1-11H. The molecular weight excluding hydrogens is 373 g/mol. The lowest BCUT2D eigenvalue weighted by molar-refractivity contribution is 0.574. The number of hydrogen-bond acceptors (Lipinski definition) is 4. The molecule has 2 aromatic heterocycles. The van der Waals surface area contributed by atoms with Gasteiger partial charge in [0.25, 0.3) is 5.56 Å². The molecule has 0 amide bonds. The summed E-state index contributed by atoms with van der Waals surface area (Å²) in [6.07, 6.45) is 2.82. The Hall–Kier alpha value is -2.89. The largest absolute Gasteiger partial charge is 0.455 e. The van der Waals surface area contributed by atoms with Gasteiger partial charge in [-0.3, -0.25) is 4.79 Å². The van der Waals surface area contributed by atoms with Gasteiger partial charge >= 0.3 is 0 Å². The zero-order valence-electron chi connectivity index (χ0n) is 13.3. The average molecular weight is 384 g/mol. The molecule has 0 radical (unpaired) electrons. The van der Waals surface area contributed by atoms with Crippen molar-refractivity contribution in [3.8, 4) is 11.3 Å². The lowest BCUT2D eigenvalue weighted by atomic mass is 10.2. The summed E-state index contributed by atoms with van der Waals surface area (Å²) in [6.45, 7) is 0. The molecule has 0 aliphatic rings. The van der Waals surface area contributed by atoms with E-state index in [1.54, 1.807) is 48.5 Å². The molecule has 0 bridgehead atoms. The molecular formula is C19H11Cl2N3O2. The van der Waals surface area contributed by atoms with Crippen LogP contribution >= 0.6 is 23.2 Å². The van der Waals surface area contributed by atoms with E-state index in [2.05, 4.69) is 10.1 Å². The van der Waals surface area contributed by atoms with Crippen LogP contribution in [0.3, 0.4) is 0 Å². The van der Waals surface area contributed by atoms with Gasteiger partial charge < -0.3 is 4.42 Å². The third-order valence-corrected chi connectivity index (χ3v) is 4.34. The first kappa shape index (κ1) is 16.6. The van der Waals surface area contributed by atoms with E-state index in [-0.39, 0.29) is 5.56 Å². The van der Waals surface area contributed by atoms with Crippen LogP contribution in [0.15, 0.2) is 75.2 Å². The number of nitrogens with zero attached hydrogens (tertiary/aromatic N) is 3. The maximum absolute atomic E-state index is 12.4. The molecule has 0 atom stereocenters. The Labute approximate surface area is 158 Å². The number of rotatable bonds is 3. The molecule has 0 saturated carbocycles. The first-order valence-corrected chi connectivity index (χ1v) is 8.43. The van der Waals surface area contributed by atoms with Crippen molar-refractivity contribution in [3.05, 3.63) is 87.1 Å². The highest BCUT2D eigenvalue weighted by atomic mass is 35.5. The normalized spacial score (nSPS) is 11.5. The Morgan fingerprint density at radius 3 is 2.81 bits per heavy atom. The van der Waals surface area contributed by atoms with Crippen LogP contribution < -0.4 is 5.56 Å². The Morgan fingerprint density at radius 1 is 1.08 bits per heavy atom. The van der Waals surface area contributed by atoms with Crippen LogP contribution in [0.4, 0.5) is 0 Å². The summed E-state index contributed by atoms with van der Waals surface area (Å²) in [7, 11) is 0. The van der Waals surface area contributed by atoms with Crippen LogP contribution in [0.5, 0.6) is 0 Å². The van der Waals surface area contributed by atoms with Gasteiger partial charge in [-0.1, -0.05) is 35.3 Å².